The van der Waals surface area contributed by atoms with Gasteiger partial charge in [-0.2, -0.15) is 0 Å². The fraction of sp³-hybridized carbons (Fsp3) is 0.882. The minimum absolute atomic E-state index is 0.724. The van der Waals surface area contributed by atoms with Gasteiger partial charge in [-0.1, -0.05) is 70.3 Å². The topological polar surface area (TPSA) is 12.0 Å². The molecule has 1 nitrogen and oxygen atoms in total. The Labute approximate surface area is 114 Å². The van der Waals surface area contributed by atoms with Crippen LogP contribution in [0.1, 0.15) is 90.9 Å². The first-order chi connectivity index (χ1) is 8.83. The number of hydrogen-bond acceptors (Lipinski definition) is 1. The Balaban J connectivity index is 2.32. The maximum absolute atomic E-state index is 3.70. The molecular formula is C17H33N. The van der Waals surface area contributed by atoms with Crippen LogP contribution in [0.2, 0.25) is 0 Å². The zero-order chi connectivity index (χ0) is 13.1. The van der Waals surface area contributed by atoms with Gasteiger partial charge in [-0.3, -0.25) is 0 Å². The minimum Gasteiger partial charge on any atom is -0.386 e. The fourth-order valence-electron chi connectivity index (χ4n) is 2.89. The lowest BCUT2D eigenvalue weighted by molar-refractivity contribution is 0.445. The van der Waals surface area contributed by atoms with Gasteiger partial charge < -0.3 is 5.32 Å². The number of rotatable bonds is 2. The van der Waals surface area contributed by atoms with Crippen molar-refractivity contribution in [1.29, 1.82) is 0 Å². The van der Waals surface area contributed by atoms with Crippen molar-refractivity contribution in [3.63, 3.8) is 0 Å². The van der Waals surface area contributed by atoms with Crippen LogP contribution in [0.25, 0.3) is 0 Å². The lowest BCUT2D eigenvalue weighted by Crippen LogP contribution is -2.27. The second-order valence-corrected chi connectivity index (χ2v) is 5.93. The standard InChI is InChI=1S/C17H33N/c1-3-16(2)18-17-14-12-10-8-6-4-5-7-9-11-13-15-17/h3,17-18H,4-15H2,1-2H3/b16-3+. The molecule has 0 atom stereocenters. The summed E-state index contributed by atoms with van der Waals surface area (Å²) in [7, 11) is 0. The highest BCUT2D eigenvalue weighted by molar-refractivity contribution is 4.94. The van der Waals surface area contributed by atoms with Gasteiger partial charge in [0.15, 0.2) is 0 Å². The third-order valence-corrected chi connectivity index (χ3v) is 4.22. The molecule has 0 aromatic heterocycles. The van der Waals surface area contributed by atoms with Gasteiger partial charge in [0.1, 0.15) is 0 Å². The van der Waals surface area contributed by atoms with Crippen molar-refractivity contribution < 1.29 is 0 Å². The Hall–Kier alpha value is -0.460. The number of nitrogens with one attached hydrogen (secondary N) is 1. The van der Waals surface area contributed by atoms with Crippen molar-refractivity contribution in [3.8, 4) is 0 Å². The van der Waals surface area contributed by atoms with Crippen LogP contribution in [0.3, 0.4) is 0 Å². The molecule has 0 bridgehead atoms. The quantitative estimate of drug-likeness (QED) is 0.677. The molecule has 18 heavy (non-hydrogen) atoms. The van der Waals surface area contributed by atoms with E-state index in [0.717, 1.165) is 6.04 Å². The molecule has 0 saturated heterocycles. The van der Waals surface area contributed by atoms with Crippen molar-refractivity contribution in [2.24, 2.45) is 0 Å². The minimum atomic E-state index is 0.724. The fourth-order valence-corrected chi connectivity index (χ4v) is 2.89. The molecule has 1 saturated carbocycles. The van der Waals surface area contributed by atoms with E-state index < -0.39 is 0 Å². The van der Waals surface area contributed by atoms with E-state index in [4.69, 9.17) is 0 Å². The van der Waals surface area contributed by atoms with Crippen molar-refractivity contribution >= 4 is 0 Å². The molecule has 0 amide bonds. The van der Waals surface area contributed by atoms with E-state index in [2.05, 4.69) is 25.2 Å². The van der Waals surface area contributed by atoms with E-state index in [1.165, 1.54) is 82.7 Å². The van der Waals surface area contributed by atoms with Crippen LogP contribution in [0, 0.1) is 0 Å². The van der Waals surface area contributed by atoms with E-state index >= 15 is 0 Å². The second-order valence-electron chi connectivity index (χ2n) is 5.93. The molecule has 0 aliphatic heterocycles. The van der Waals surface area contributed by atoms with Crippen LogP contribution in [-0.2, 0) is 0 Å². The molecule has 106 valence electrons. The highest BCUT2D eigenvalue weighted by Crippen LogP contribution is 2.17. The summed E-state index contributed by atoms with van der Waals surface area (Å²) in [5, 5.41) is 3.70. The Morgan fingerprint density at radius 1 is 0.778 bits per heavy atom. The van der Waals surface area contributed by atoms with Crippen LogP contribution in [0.5, 0.6) is 0 Å². The maximum Gasteiger partial charge on any atom is 0.0258 e. The zero-order valence-corrected chi connectivity index (χ0v) is 12.6. The van der Waals surface area contributed by atoms with Crippen LogP contribution in [0.15, 0.2) is 11.8 Å². The van der Waals surface area contributed by atoms with E-state index in [1.807, 2.05) is 0 Å². The number of hydrogen-bond donors (Lipinski definition) is 1. The van der Waals surface area contributed by atoms with Crippen molar-refractivity contribution in [3.05, 3.63) is 11.8 Å². The first-order valence-electron chi connectivity index (χ1n) is 8.22. The molecule has 1 aliphatic carbocycles. The molecule has 1 fully saturated rings. The smallest absolute Gasteiger partial charge is 0.0258 e. The molecule has 1 heteroatoms. The summed E-state index contributed by atoms with van der Waals surface area (Å²) >= 11 is 0. The molecule has 0 aromatic rings. The van der Waals surface area contributed by atoms with Crippen molar-refractivity contribution in [2.75, 3.05) is 0 Å². The number of allylic oxidation sites excluding steroid dienone is 2. The molecule has 0 radical (unpaired) electrons. The summed E-state index contributed by atoms with van der Waals surface area (Å²) in [6.45, 7) is 4.32. The summed E-state index contributed by atoms with van der Waals surface area (Å²) < 4.78 is 0. The van der Waals surface area contributed by atoms with Gasteiger partial charge in [0.05, 0.1) is 0 Å². The summed E-state index contributed by atoms with van der Waals surface area (Å²) in [5.41, 5.74) is 1.35. The lowest BCUT2D eigenvalue weighted by atomic mass is 10.0. The first kappa shape index (κ1) is 15.6. The Morgan fingerprint density at radius 2 is 1.17 bits per heavy atom. The Kier molecular flexibility index (Phi) is 9.06. The molecule has 0 unspecified atom stereocenters. The van der Waals surface area contributed by atoms with Gasteiger partial charge in [0.25, 0.3) is 0 Å². The van der Waals surface area contributed by atoms with E-state index in [-0.39, 0.29) is 0 Å². The molecule has 0 aromatic carbocycles. The average Bonchev–Trinajstić information content (AvgIpc) is 2.40. The van der Waals surface area contributed by atoms with Crippen molar-refractivity contribution in [1.82, 2.24) is 5.32 Å². The van der Waals surface area contributed by atoms with Gasteiger partial charge in [-0.15, -0.1) is 0 Å². The van der Waals surface area contributed by atoms with Crippen LogP contribution in [-0.4, -0.2) is 6.04 Å². The van der Waals surface area contributed by atoms with Gasteiger partial charge in [0, 0.05) is 11.7 Å². The summed E-state index contributed by atoms with van der Waals surface area (Å²) in [6.07, 6.45) is 19.4. The normalized spacial score (nSPS) is 22.7. The molecule has 0 heterocycles. The van der Waals surface area contributed by atoms with E-state index in [1.54, 1.807) is 0 Å². The van der Waals surface area contributed by atoms with E-state index in [0.29, 0.717) is 0 Å². The summed E-state index contributed by atoms with van der Waals surface area (Å²) in [5.74, 6) is 0. The van der Waals surface area contributed by atoms with Gasteiger partial charge >= 0.3 is 0 Å². The van der Waals surface area contributed by atoms with Crippen LogP contribution in [0.4, 0.5) is 0 Å². The Morgan fingerprint density at radius 3 is 1.56 bits per heavy atom. The maximum atomic E-state index is 3.70. The van der Waals surface area contributed by atoms with Crippen LogP contribution < -0.4 is 5.32 Å². The second kappa shape index (κ2) is 10.5. The zero-order valence-electron chi connectivity index (χ0n) is 12.6. The highest BCUT2D eigenvalue weighted by atomic mass is 14.9. The van der Waals surface area contributed by atoms with Gasteiger partial charge in [0.2, 0.25) is 0 Å². The lowest BCUT2D eigenvalue weighted by Gasteiger charge is -2.20. The van der Waals surface area contributed by atoms with Gasteiger partial charge in [-0.25, -0.2) is 0 Å². The third-order valence-electron chi connectivity index (χ3n) is 4.22. The largest absolute Gasteiger partial charge is 0.386 e. The average molecular weight is 251 g/mol. The molecule has 1 rings (SSSR count). The molecule has 0 spiro atoms. The first-order valence-corrected chi connectivity index (χ1v) is 8.22. The van der Waals surface area contributed by atoms with Gasteiger partial charge in [-0.05, 0) is 26.7 Å². The van der Waals surface area contributed by atoms with Crippen molar-refractivity contribution in [2.45, 2.75) is 96.9 Å². The molecule has 1 N–H and O–H groups in total. The summed E-state index contributed by atoms with van der Waals surface area (Å²) in [4.78, 5) is 0. The monoisotopic (exact) mass is 251 g/mol. The molecular weight excluding hydrogens is 218 g/mol. The predicted molar refractivity (Wildman–Crippen MR) is 81.8 cm³/mol. The molecule has 1 aliphatic rings. The highest BCUT2D eigenvalue weighted by Gasteiger charge is 2.08. The predicted octanol–water partition coefficient (Wildman–Crippen LogP) is 5.56. The van der Waals surface area contributed by atoms with E-state index in [9.17, 15) is 0 Å². The summed E-state index contributed by atoms with van der Waals surface area (Å²) in [6, 6.07) is 0.724. The Bertz CT molecular complexity index is 206. The third kappa shape index (κ3) is 7.79. The van der Waals surface area contributed by atoms with Crippen LogP contribution >= 0.6 is 0 Å². The SMILES string of the molecule is C/C=C(\C)NC1CCCCCCCCCCCC1.